The van der Waals surface area contributed by atoms with Crippen LogP contribution in [0.1, 0.15) is 5.76 Å². The third-order valence-corrected chi connectivity index (χ3v) is 3.43. The lowest BCUT2D eigenvalue weighted by Gasteiger charge is -2.27. The van der Waals surface area contributed by atoms with Crippen molar-refractivity contribution < 1.29 is 40.1 Å². The van der Waals surface area contributed by atoms with Gasteiger partial charge in [0.2, 0.25) is 0 Å². The number of nitro benzene ring substituents is 1. The van der Waals surface area contributed by atoms with Crippen LogP contribution in [-0.2, 0) is 0 Å². The first kappa shape index (κ1) is 21.5. The summed E-state index contributed by atoms with van der Waals surface area (Å²) in [5.74, 6) is -6.87. The van der Waals surface area contributed by atoms with Crippen molar-refractivity contribution in [1.29, 1.82) is 0 Å². The quantitative estimate of drug-likeness (QED) is 0.223. The third kappa shape index (κ3) is 4.18. The molecule has 0 aliphatic heterocycles. The topological polar surface area (TPSA) is 80.7 Å². The van der Waals surface area contributed by atoms with Crippen molar-refractivity contribution in [1.82, 2.24) is 5.43 Å². The second-order valence-corrected chi connectivity index (χ2v) is 5.57. The second-order valence-electron chi connectivity index (χ2n) is 5.14. The summed E-state index contributed by atoms with van der Waals surface area (Å²) in [4.78, 5) is 10.3. The van der Waals surface area contributed by atoms with Crippen LogP contribution in [0.15, 0.2) is 39.9 Å². The molecule has 1 N–H and O–H groups in total. The van der Waals surface area contributed by atoms with Gasteiger partial charge in [0.05, 0.1) is 16.7 Å². The van der Waals surface area contributed by atoms with Crippen LogP contribution in [0.5, 0.6) is 0 Å². The van der Waals surface area contributed by atoms with E-state index < -0.39 is 28.8 Å². The van der Waals surface area contributed by atoms with Gasteiger partial charge in [-0.3, -0.25) is 10.1 Å². The Labute approximate surface area is 155 Å². The molecular formula is C14H7ClF7N3O3. The number of nitrogens with zero attached hydrogens (tertiary/aromatic N) is 2. The molecule has 1 aromatic carbocycles. The standard InChI is InChI=1S/C14H7ClF7N3O3/c15-7-1-3-9(10(5-7)25(26)27)11-4-2-8(28-11)6-23-24-14(21,22)12(16,17)13(18,19)20/h1-6,24H/b23-6-. The molecule has 14 heteroatoms. The zero-order chi connectivity index (χ0) is 21.3. The smallest absolute Gasteiger partial charge is 0.455 e. The Kier molecular flexibility index (Phi) is 5.59. The normalized spacial score (nSPS) is 13.1. The third-order valence-electron chi connectivity index (χ3n) is 3.20. The van der Waals surface area contributed by atoms with Crippen molar-refractivity contribution in [2.75, 3.05) is 0 Å². The van der Waals surface area contributed by atoms with Crippen molar-refractivity contribution in [3.05, 3.63) is 51.2 Å². The molecule has 0 atom stereocenters. The van der Waals surface area contributed by atoms with Crippen molar-refractivity contribution >= 4 is 23.5 Å². The molecule has 0 aliphatic rings. The number of hydrogen-bond donors (Lipinski definition) is 1. The number of furan rings is 1. The number of alkyl halides is 7. The summed E-state index contributed by atoms with van der Waals surface area (Å²) in [7, 11) is 0. The summed E-state index contributed by atoms with van der Waals surface area (Å²) in [5, 5.41) is 13.7. The molecular weight excluding hydrogens is 427 g/mol. The molecule has 2 aromatic rings. The average molecular weight is 434 g/mol. The number of hydrogen-bond acceptors (Lipinski definition) is 5. The van der Waals surface area contributed by atoms with Crippen molar-refractivity contribution in [2.24, 2.45) is 5.10 Å². The predicted molar refractivity (Wildman–Crippen MR) is 82.5 cm³/mol. The average Bonchev–Trinajstić information content (AvgIpc) is 3.02. The van der Waals surface area contributed by atoms with E-state index in [9.17, 15) is 40.8 Å². The van der Waals surface area contributed by atoms with Crippen LogP contribution >= 0.6 is 11.6 Å². The SMILES string of the molecule is O=[N+]([O-])c1cc(Cl)ccc1-c1ccc(/C=N\NC(F)(F)C(F)(F)C(F)(F)F)o1. The van der Waals surface area contributed by atoms with E-state index in [0.29, 0.717) is 11.6 Å². The van der Waals surface area contributed by atoms with Gasteiger partial charge in [0.15, 0.2) is 0 Å². The van der Waals surface area contributed by atoms with E-state index in [-0.39, 0.29) is 22.1 Å². The molecule has 0 unspecified atom stereocenters. The lowest BCUT2D eigenvalue weighted by molar-refractivity contribution is -0.384. The highest BCUT2D eigenvalue weighted by molar-refractivity contribution is 6.30. The first-order valence-corrected chi connectivity index (χ1v) is 7.31. The molecule has 0 aliphatic carbocycles. The summed E-state index contributed by atoms with van der Waals surface area (Å²) in [6.45, 7) is 0. The fourth-order valence-corrected chi connectivity index (χ4v) is 2.02. The van der Waals surface area contributed by atoms with E-state index in [1.807, 2.05) is 0 Å². The number of benzene rings is 1. The van der Waals surface area contributed by atoms with E-state index >= 15 is 0 Å². The maximum atomic E-state index is 13.0. The number of halogens is 8. The zero-order valence-electron chi connectivity index (χ0n) is 13.1. The van der Waals surface area contributed by atoms with E-state index in [0.717, 1.165) is 12.1 Å². The first-order chi connectivity index (χ1) is 12.8. The number of hydrazone groups is 1. The molecule has 152 valence electrons. The van der Waals surface area contributed by atoms with Crippen molar-refractivity contribution in [2.45, 2.75) is 18.1 Å². The van der Waals surface area contributed by atoms with Gasteiger partial charge in [0, 0.05) is 11.1 Å². The van der Waals surface area contributed by atoms with E-state index in [4.69, 9.17) is 16.0 Å². The molecule has 0 bridgehead atoms. The fraction of sp³-hybridized carbons (Fsp3) is 0.214. The Bertz CT molecular complexity index is 912. The summed E-state index contributed by atoms with van der Waals surface area (Å²) in [6, 6.07) is 0.0671. The van der Waals surface area contributed by atoms with Crippen LogP contribution in [0.2, 0.25) is 5.02 Å². The minimum absolute atomic E-state index is 0.0454. The Morgan fingerprint density at radius 1 is 1.11 bits per heavy atom. The van der Waals surface area contributed by atoms with Gasteiger partial charge < -0.3 is 4.42 Å². The monoisotopic (exact) mass is 433 g/mol. The molecule has 0 fully saturated rings. The maximum Gasteiger partial charge on any atom is 0.462 e. The van der Waals surface area contributed by atoms with Crippen LogP contribution in [0.25, 0.3) is 11.3 Å². The Balaban J connectivity index is 2.21. The van der Waals surface area contributed by atoms with Gasteiger partial charge >= 0.3 is 18.1 Å². The molecule has 28 heavy (non-hydrogen) atoms. The highest BCUT2D eigenvalue weighted by Gasteiger charge is 2.73. The van der Waals surface area contributed by atoms with Gasteiger partial charge in [0.1, 0.15) is 11.5 Å². The number of nitro groups is 1. The van der Waals surface area contributed by atoms with Crippen molar-refractivity contribution in [3.63, 3.8) is 0 Å². The minimum atomic E-state index is -6.51. The van der Waals surface area contributed by atoms with E-state index in [1.165, 1.54) is 18.2 Å². The molecule has 0 spiro atoms. The van der Waals surface area contributed by atoms with Crippen LogP contribution in [0.4, 0.5) is 36.4 Å². The van der Waals surface area contributed by atoms with Gasteiger partial charge in [-0.25, -0.2) is 5.43 Å². The Morgan fingerprint density at radius 3 is 2.32 bits per heavy atom. The van der Waals surface area contributed by atoms with Gasteiger partial charge in [-0.05, 0) is 24.3 Å². The molecule has 0 saturated carbocycles. The fourth-order valence-electron chi connectivity index (χ4n) is 1.86. The van der Waals surface area contributed by atoms with Crippen LogP contribution in [0.3, 0.4) is 0 Å². The largest absolute Gasteiger partial charge is 0.462 e. The van der Waals surface area contributed by atoms with Gasteiger partial charge in [0.25, 0.3) is 5.69 Å². The lowest BCUT2D eigenvalue weighted by Crippen LogP contribution is -2.58. The highest BCUT2D eigenvalue weighted by atomic mass is 35.5. The molecule has 0 saturated heterocycles. The van der Waals surface area contributed by atoms with Gasteiger partial charge in [-0.2, -0.15) is 35.8 Å². The van der Waals surface area contributed by atoms with Gasteiger partial charge in [-0.1, -0.05) is 11.6 Å². The summed E-state index contributed by atoms with van der Waals surface area (Å²) < 4.78 is 92.5. The molecule has 0 radical (unpaired) electrons. The second kappa shape index (κ2) is 7.30. The lowest BCUT2D eigenvalue weighted by atomic mass is 10.1. The minimum Gasteiger partial charge on any atom is -0.455 e. The maximum absolute atomic E-state index is 13.0. The molecule has 6 nitrogen and oxygen atoms in total. The summed E-state index contributed by atoms with van der Waals surface area (Å²) in [6.07, 6.45) is -6.12. The highest BCUT2D eigenvalue weighted by Crippen LogP contribution is 2.45. The van der Waals surface area contributed by atoms with Crippen LogP contribution in [0, 0.1) is 10.1 Å². The molecule has 1 aromatic heterocycles. The van der Waals surface area contributed by atoms with E-state index in [2.05, 4.69) is 5.10 Å². The number of nitrogens with one attached hydrogen (secondary N) is 1. The van der Waals surface area contributed by atoms with Crippen molar-refractivity contribution in [3.8, 4) is 11.3 Å². The Morgan fingerprint density at radius 2 is 1.75 bits per heavy atom. The molecule has 1 heterocycles. The zero-order valence-corrected chi connectivity index (χ0v) is 13.9. The van der Waals surface area contributed by atoms with E-state index in [1.54, 1.807) is 0 Å². The summed E-state index contributed by atoms with van der Waals surface area (Å²) in [5.41, 5.74) is -0.0692. The van der Waals surface area contributed by atoms with Gasteiger partial charge in [-0.15, -0.1) is 0 Å². The predicted octanol–water partition coefficient (Wildman–Crippen LogP) is 5.22. The van der Waals surface area contributed by atoms with Crippen LogP contribution in [-0.4, -0.2) is 29.3 Å². The molecule has 2 rings (SSSR count). The Hall–Kier alpha value is -2.83. The summed E-state index contributed by atoms with van der Waals surface area (Å²) >= 11 is 5.66. The van der Waals surface area contributed by atoms with Crippen LogP contribution < -0.4 is 5.43 Å². The molecule has 0 amide bonds. The first-order valence-electron chi connectivity index (χ1n) is 6.93. The number of rotatable bonds is 6.